The van der Waals surface area contributed by atoms with Gasteiger partial charge in [0.15, 0.2) is 5.78 Å². The van der Waals surface area contributed by atoms with Crippen molar-refractivity contribution < 1.29 is 27.5 Å². The molecule has 1 aliphatic rings. The Labute approximate surface area is 223 Å². The lowest BCUT2D eigenvalue weighted by Gasteiger charge is -2.26. The number of benzene rings is 2. The van der Waals surface area contributed by atoms with Gasteiger partial charge in [0.25, 0.3) is 0 Å². The Hall–Kier alpha value is -3.43. The molecule has 0 unspecified atom stereocenters. The Morgan fingerprint density at radius 3 is 2.53 bits per heavy atom. The summed E-state index contributed by atoms with van der Waals surface area (Å²) in [5.74, 6) is -0.203. The van der Waals surface area contributed by atoms with Crippen molar-refractivity contribution in [2.24, 2.45) is 5.41 Å². The number of nitrogens with zero attached hydrogens (tertiary/aromatic N) is 1. The van der Waals surface area contributed by atoms with E-state index in [0.717, 1.165) is 11.6 Å². The number of para-hydroxylation sites is 1. The summed E-state index contributed by atoms with van der Waals surface area (Å²) in [5, 5.41) is 6.02. The highest BCUT2D eigenvalue weighted by Crippen LogP contribution is 2.36. The van der Waals surface area contributed by atoms with Gasteiger partial charge in [0.05, 0.1) is 23.3 Å². The van der Waals surface area contributed by atoms with Gasteiger partial charge in [0.1, 0.15) is 5.15 Å². The molecule has 6 nitrogen and oxygen atoms in total. The summed E-state index contributed by atoms with van der Waals surface area (Å²) in [6.45, 7) is 1.02. The number of anilines is 2. The van der Waals surface area contributed by atoms with Crippen LogP contribution in [0.3, 0.4) is 0 Å². The first-order valence-corrected chi connectivity index (χ1v) is 12.6. The van der Waals surface area contributed by atoms with Crippen LogP contribution in [0.2, 0.25) is 5.15 Å². The normalized spacial score (nSPS) is 17.3. The Morgan fingerprint density at radius 1 is 1.08 bits per heavy atom. The van der Waals surface area contributed by atoms with Gasteiger partial charge in [-0.3, -0.25) is 9.59 Å². The number of halogens is 4. The molecule has 0 saturated carbocycles. The molecular formula is C28H27ClF3N3O3. The molecule has 1 amide bonds. The van der Waals surface area contributed by atoms with E-state index in [1.54, 1.807) is 30.3 Å². The standard InChI is InChI=1S/C28H27ClF3N3O3/c29-25-16-20(11-14-33-25)24(36)6-3-12-27(13-15-38-18-27)26(37)34-17-19-7-9-21(10-8-19)35-23-5-2-1-4-22(23)28(30,31)32/h1-2,4-5,7-11,14,16,35H,3,6,12-13,15,17-18H2,(H,34,37)/t27-/m1/s1. The number of hydrogen-bond acceptors (Lipinski definition) is 5. The summed E-state index contributed by atoms with van der Waals surface area (Å²) in [4.78, 5) is 29.5. The number of carbonyl (C=O) groups excluding carboxylic acids is 2. The van der Waals surface area contributed by atoms with Crippen LogP contribution in [0.25, 0.3) is 0 Å². The Morgan fingerprint density at radius 2 is 1.84 bits per heavy atom. The van der Waals surface area contributed by atoms with Crippen LogP contribution in [0.1, 0.15) is 47.2 Å². The fraction of sp³-hybridized carbons (Fsp3) is 0.321. The van der Waals surface area contributed by atoms with Gasteiger partial charge in [-0.1, -0.05) is 35.9 Å². The van der Waals surface area contributed by atoms with Gasteiger partial charge in [-0.2, -0.15) is 13.2 Å². The van der Waals surface area contributed by atoms with E-state index in [9.17, 15) is 22.8 Å². The molecule has 3 aromatic rings. The quantitative estimate of drug-likeness (QED) is 0.222. The van der Waals surface area contributed by atoms with E-state index in [-0.39, 0.29) is 42.1 Å². The van der Waals surface area contributed by atoms with Crippen LogP contribution in [-0.2, 0) is 22.3 Å². The third kappa shape index (κ3) is 6.90. The van der Waals surface area contributed by atoms with Crippen LogP contribution in [0.15, 0.2) is 66.9 Å². The number of Topliss-reactive ketones (excluding diaryl/α,β-unsaturated/α-hetero) is 1. The molecule has 0 spiro atoms. The van der Waals surface area contributed by atoms with Gasteiger partial charge in [0, 0.05) is 37.0 Å². The lowest BCUT2D eigenvalue weighted by Crippen LogP contribution is -2.41. The third-order valence-electron chi connectivity index (χ3n) is 6.61. The van der Waals surface area contributed by atoms with Crippen molar-refractivity contribution in [3.8, 4) is 0 Å². The van der Waals surface area contributed by atoms with Crippen LogP contribution >= 0.6 is 11.6 Å². The van der Waals surface area contributed by atoms with Gasteiger partial charge in [-0.25, -0.2) is 4.98 Å². The summed E-state index contributed by atoms with van der Waals surface area (Å²) in [6.07, 6.45) is -1.11. The number of alkyl halides is 3. The number of amides is 1. The average molecular weight is 546 g/mol. The van der Waals surface area contributed by atoms with Gasteiger partial charge in [-0.15, -0.1) is 0 Å². The van der Waals surface area contributed by atoms with Crippen molar-refractivity contribution in [3.63, 3.8) is 0 Å². The minimum Gasteiger partial charge on any atom is -0.380 e. The average Bonchev–Trinajstić information content (AvgIpc) is 3.38. The van der Waals surface area contributed by atoms with E-state index in [0.29, 0.717) is 37.1 Å². The number of carbonyl (C=O) groups is 2. The predicted molar refractivity (Wildman–Crippen MR) is 138 cm³/mol. The summed E-state index contributed by atoms with van der Waals surface area (Å²) in [7, 11) is 0. The van der Waals surface area contributed by atoms with Crippen LogP contribution in [-0.4, -0.2) is 29.9 Å². The molecule has 2 aromatic carbocycles. The highest BCUT2D eigenvalue weighted by molar-refractivity contribution is 6.29. The zero-order valence-electron chi connectivity index (χ0n) is 20.5. The van der Waals surface area contributed by atoms with Crippen molar-refractivity contribution in [1.82, 2.24) is 10.3 Å². The van der Waals surface area contributed by atoms with Crippen molar-refractivity contribution in [2.75, 3.05) is 18.5 Å². The summed E-state index contributed by atoms with van der Waals surface area (Å²) in [5.41, 5.74) is 0.302. The van der Waals surface area contributed by atoms with E-state index < -0.39 is 17.2 Å². The van der Waals surface area contributed by atoms with Crippen molar-refractivity contribution in [2.45, 2.75) is 38.4 Å². The van der Waals surface area contributed by atoms with E-state index in [4.69, 9.17) is 16.3 Å². The van der Waals surface area contributed by atoms with Gasteiger partial charge < -0.3 is 15.4 Å². The maximum atomic E-state index is 13.2. The van der Waals surface area contributed by atoms with E-state index in [1.165, 1.54) is 30.5 Å². The maximum Gasteiger partial charge on any atom is 0.418 e. The molecule has 4 rings (SSSR count). The van der Waals surface area contributed by atoms with Crippen molar-refractivity contribution in [3.05, 3.63) is 88.7 Å². The molecule has 38 heavy (non-hydrogen) atoms. The zero-order chi connectivity index (χ0) is 27.2. The molecule has 0 bridgehead atoms. The monoisotopic (exact) mass is 545 g/mol. The van der Waals surface area contributed by atoms with E-state index >= 15 is 0 Å². The fourth-order valence-electron chi connectivity index (χ4n) is 4.48. The molecule has 1 saturated heterocycles. The first kappa shape index (κ1) is 27.6. The van der Waals surface area contributed by atoms with E-state index in [2.05, 4.69) is 15.6 Å². The van der Waals surface area contributed by atoms with Crippen molar-refractivity contribution in [1.29, 1.82) is 0 Å². The number of pyridine rings is 1. The van der Waals surface area contributed by atoms with Crippen LogP contribution in [0.5, 0.6) is 0 Å². The smallest absolute Gasteiger partial charge is 0.380 e. The first-order chi connectivity index (χ1) is 18.2. The second-order valence-electron chi connectivity index (χ2n) is 9.27. The molecule has 0 aliphatic carbocycles. The molecule has 200 valence electrons. The molecule has 10 heteroatoms. The lowest BCUT2D eigenvalue weighted by atomic mass is 9.80. The zero-order valence-corrected chi connectivity index (χ0v) is 21.2. The largest absolute Gasteiger partial charge is 0.418 e. The highest BCUT2D eigenvalue weighted by Gasteiger charge is 2.41. The second kappa shape index (κ2) is 12.0. The maximum absolute atomic E-state index is 13.2. The minimum absolute atomic E-state index is 0.0326. The predicted octanol–water partition coefficient (Wildman–Crippen LogP) is 6.57. The number of aromatic nitrogens is 1. The van der Waals surface area contributed by atoms with Gasteiger partial charge in [-0.05, 0) is 61.2 Å². The number of ketones is 1. The topological polar surface area (TPSA) is 80.3 Å². The number of rotatable bonds is 10. The Balaban J connectivity index is 1.31. The summed E-state index contributed by atoms with van der Waals surface area (Å²) >= 11 is 5.87. The number of ether oxygens (including phenoxy) is 1. The van der Waals surface area contributed by atoms with Gasteiger partial charge >= 0.3 is 6.18 Å². The highest BCUT2D eigenvalue weighted by atomic mass is 35.5. The molecular weight excluding hydrogens is 519 g/mol. The van der Waals surface area contributed by atoms with E-state index in [1.807, 2.05) is 0 Å². The Bertz CT molecular complexity index is 1280. The molecule has 1 aliphatic heterocycles. The summed E-state index contributed by atoms with van der Waals surface area (Å²) in [6, 6.07) is 15.3. The van der Waals surface area contributed by atoms with Crippen LogP contribution < -0.4 is 10.6 Å². The molecule has 2 heterocycles. The summed E-state index contributed by atoms with van der Waals surface area (Å²) < 4.78 is 45.3. The number of hydrogen-bond donors (Lipinski definition) is 2. The first-order valence-electron chi connectivity index (χ1n) is 12.2. The molecule has 1 aromatic heterocycles. The Kier molecular flexibility index (Phi) is 8.69. The molecule has 2 N–H and O–H groups in total. The lowest BCUT2D eigenvalue weighted by molar-refractivity contribution is -0.137. The SMILES string of the molecule is O=C(CCC[C@@]1(C(=O)NCc2ccc(Nc3ccccc3C(F)(F)F)cc2)CCOC1)c1ccnc(Cl)c1. The van der Waals surface area contributed by atoms with Crippen LogP contribution in [0, 0.1) is 5.41 Å². The van der Waals surface area contributed by atoms with Crippen molar-refractivity contribution >= 4 is 34.7 Å². The molecule has 0 radical (unpaired) electrons. The molecule has 1 fully saturated rings. The minimum atomic E-state index is -4.46. The van der Waals surface area contributed by atoms with Gasteiger partial charge in [0.2, 0.25) is 5.91 Å². The second-order valence-corrected chi connectivity index (χ2v) is 9.66. The number of nitrogens with one attached hydrogen (secondary N) is 2. The fourth-order valence-corrected chi connectivity index (χ4v) is 4.65. The third-order valence-corrected chi connectivity index (χ3v) is 6.82. The molecule has 1 atom stereocenters. The van der Waals surface area contributed by atoms with Crippen LogP contribution in [0.4, 0.5) is 24.5 Å².